The molecule has 0 saturated heterocycles. The third-order valence-corrected chi connectivity index (χ3v) is 4.58. The van der Waals surface area contributed by atoms with Crippen LogP contribution in [-0.2, 0) is 4.79 Å². The average molecular weight is 328 g/mol. The topological polar surface area (TPSA) is 97.1 Å². The molecule has 126 valence electrons. The van der Waals surface area contributed by atoms with Crippen molar-refractivity contribution >= 4 is 11.9 Å². The Balaban J connectivity index is 1.88. The van der Waals surface area contributed by atoms with Gasteiger partial charge in [-0.25, -0.2) is 9.48 Å². The molecule has 0 atom stereocenters. The van der Waals surface area contributed by atoms with Crippen LogP contribution in [0.4, 0.5) is 0 Å². The zero-order valence-electron chi connectivity index (χ0n) is 13.7. The maximum Gasteiger partial charge on any atom is 0.329 e. The number of aliphatic carboxylic acids is 1. The Kier molecular flexibility index (Phi) is 4.09. The van der Waals surface area contributed by atoms with Gasteiger partial charge in [-0.1, -0.05) is 30.2 Å². The van der Waals surface area contributed by atoms with Gasteiger partial charge in [0.15, 0.2) is 5.69 Å². The van der Waals surface area contributed by atoms with E-state index in [1.54, 1.807) is 11.6 Å². The number of benzene rings is 1. The van der Waals surface area contributed by atoms with Crippen LogP contribution in [0.2, 0.25) is 0 Å². The molecule has 24 heavy (non-hydrogen) atoms. The van der Waals surface area contributed by atoms with Crippen LogP contribution in [0, 0.1) is 13.8 Å². The fraction of sp³-hybridized carbons (Fsp3) is 0.412. The summed E-state index contributed by atoms with van der Waals surface area (Å²) in [5, 5.41) is 20.2. The lowest BCUT2D eigenvalue weighted by Gasteiger charge is -2.24. The predicted octanol–water partition coefficient (Wildman–Crippen LogP) is 2.01. The minimum absolute atomic E-state index is 0.157. The van der Waals surface area contributed by atoms with Crippen LogP contribution in [0.25, 0.3) is 5.69 Å². The smallest absolute Gasteiger partial charge is 0.329 e. The van der Waals surface area contributed by atoms with E-state index in [1.165, 1.54) is 0 Å². The summed E-state index contributed by atoms with van der Waals surface area (Å²) in [5.41, 5.74) is 1.44. The third kappa shape index (κ3) is 2.77. The second kappa shape index (κ2) is 6.07. The highest BCUT2D eigenvalue weighted by atomic mass is 16.4. The molecule has 7 heteroatoms. The maximum absolute atomic E-state index is 12.6. The van der Waals surface area contributed by atoms with Crippen molar-refractivity contribution in [1.82, 2.24) is 20.3 Å². The second-order valence-electron chi connectivity index (χ2n) is 6.32. The maximum atomic E-state index is 12.6. The number of aromatic nitrogens is 3. The summed E-state index contributed by atoms with van der Waals surface area (Å²) >= 11 is 0. The van der Waals surface area contributed by atoms with E-state index in [0.717, 1.165) is 24.1 Å². The quantitative estimate of drug-likeness (QED) is 0.895. The van der Waals surface area contributed by atoms with Crippen LogP contribution in [0.3, 0.4) is 0 Å². The van der Waals surface area contributed by atoms with Gasteiger partial charge in [0.1, 0.15) is 5.54 Å². The molecule has 2 N–H and O–H groups in total. The van der Waals surface area contributed by atoms with E-state index in [2.05, 4.69) is 15.6 Å². The van der Waals surface area contributed by atoms with Gasteiger partial charge in [-0.3, -0.25) is 4.79 Å². The van der Waals surface area contributed by atoms with E-state index in [-0.39, 0.29) is 5.69 Å². The number of hydrogen-bond donors (Lipinski definition) is 2. The van der Waals surface area contributed by atoms with Crippen molar-refractivity contribution in [2.45, 2.75) is 45.1 Å². The van der Waals surface area contributed by atoms with Crippen molar-refractivity contribution in [3.05, 3.63) is 41.2 Å². The third-order valence-electron chi connectivity index (χ3n) is 4.58. The molecular weight excluding hydrogens is 308 g/mol. The average Bonchev–Trinajstić information content (AvgIpc) is 3.15. The molecule has 0 bridgehead atoms. The molecule has 1 amide bonds. The number of nitrogens with one attached hydrogen (secondary N) is 1. The number of carboxylic acids is 1. The van der Waals surface area contributed by atoms with Gasteiger partial charge in [-0.05, 0) is 44.4 Å². The van der Waals surface area contributed by atoms with Gasteiger partial charge in [0.2, 0.25) is 0 Å². The molecular formula is C17H20N4O3. The van der Waals surface area contributed by atoms with Crippen LogP contribution >= 0.6 is 0 Å². The van der Waals surface area contributed by atoms with Crippen molar-refractivity contribution in [3.8, 4) is 5.69 Å². The largest absolute Gasteiger partial charge is 0.480 e. The summed E-state index contributed by atoms with van der Waals surface area (Å²) in [6.07, 6.45) is 2.47. The highest BCUT2D eigenvalue weighted by Gasteiger charge is 2.43. The van der Waals surface area contributed by atoms with Crippen molar-refractivity contribution in [2.24, 2.45) is 0 Å². The molecule has 0 unspecified atom stereocenters. The van der Waals surface area contributed by atoms with Crippen LogP contribution in [0.15, 0.2) is 24.3 Å². The normalized spacial score (nSPS) is 16.1. The van der Waals surface area contributed by atoms with Crippen LogP contribution < -0.4 is 5.32 Å². The highest BCUT2D eigenvalue weighted by molar-refractivity contribution is 5.97. The Bertz CT molecular complexity index is 791. The molecule has 1 aliphatic rings. The minimum Gasteiger partial charge on any atom is -0.480 e. The molecule has 1 aromatic heterocycles. The first-order valence-corrected chi connectivity index (χ1v) is 7.98. The number of carbonyl (C=O) groups excluding carboxylic acids is 1. The number of nitrogens with zero attached hydrogens (tertiary/aromatic N) is 3. The summed E-state index contributed by atoms with van der Waals surface area (Å²) in [6, 6.07) is 7.70. The Morgan fingerprint density at radius 2 is 1.96 bits per heavy atom. The van der Waals surface area contributed by atoms with E-state index in [9.17, 15) is 14.7 Å². The molecule has 7 nitrogen and oxygen atoms in total. The van der Waals surface area contributed by atoms with Crippen molar-refractivity contribution < 1.29 is 14.7 Å². The monoisotopic (exact) mass is 328 g/mol. The Morgan fingerprint density at radius 1 is 1.25 bits per heavy atom. The number of amides is 1. The molecule has 0 spiro atoms. The Labute approximate surface area is 139 Å². The van der Waals surface area contributed by atoms with Gasteiger partial charge in [0.05, 0.1) is 11.4 Å². The summed E-state index contributed by atoms with van der Waals surface area (Å²) in [7, 11) is 0. The fourth-order valence-electron chi connectivity index (χ4n) is 3.19. The number of carbonyl (C=O) groups is 2. The molecule has 0 aliphatic heterocycles. The highest BCUT2D eigenvalue weighted by Crippen LogP contribution is 2.30. The van der Waals surface area contributed by atoms with Crippen molar-refractivity contribution in [2.75, 3.05) is 0 Å². The van der Waals surface area contributed by atoms with E-state index in [1.807, 2.05) is 31.2 Å². The van der Waals surface area contributed by atoms with Gasteiger partial charge in [-0.15, -0.1) is 5.10 Å². The molecule has 3 rings (SSSR count). The van der Waals surface area contributed by atoms with Gasteiger partial charge in [0.25, 0.3) is 5.91 Å². The van der Waals surface area contributed by atoms with Gasteiger partial charge in [0, 0.05) is 0 Å². The molecule has 1 saturated carbocycles. The van der Waals surface area contributed by atoms with E-state index >= 15 is 0 Å². The summed E-state index contributed by atoms with van der Waals surface area (Å²) in [4.78, 5) is 24.1. The first-order chi connectivity index (χ1) is 11.4. The van der Waals surface area contributed by atoms with Crippen LogP contribution in [-0.4, -0.2) is 37.5 Å². The fourth-order valence-corrected chi connectivity index (χ4v) is 3.19. The number of aryl methyl sites for hydroxylation is 1. The number of carboxylic acid groups (broad SMARTS) is 1. The Morgan fingerprint density at radius 3 is 2.58 bits per heavy atom. The molecule has 1 heterocycles. The predicted molar refractivity (Wildman–Crippen MR) is 87.1 cm³/mol. The lowest BCUT2D eigenvalue weighted by molar-refractivity contribution is -0.144. The van der Waals surface area contributed by atoms with Gasteiger partial charge in [-0.2, -0.15) is 0 Å². The van der Waals surface area contributed by atoms with Gasteiger partial charge >= 0.3 is 5.97 Å². The van der Waals surface area contributed by atoms with E-state index in [0.29, 0.717) is 18.5 Å². The molecule has 1 aromatic carbocycles. The summed E-state index contributed by atoms with van der Waals surface area (Å²) in [6.45, 7) is 3.72. The van der Waals surface area contributed by atoms with Crippen molar-refractivity contribution in [3.63, 3.8) is 0 Å². The summed E-state index contributed by atoms with van der Waals surface area (Å²) in [5.74, 6) is -1.48. The molecule has 1 fully saturated rings. The van der Waals surface area contributed by atoms with Gasteiger partial charge < -0.3 is 10.4 Å². The standard InChI is InChI=1S/C17H20N4O3/c1-11-6-5-7-13(10-11)21-12(2)14(19-20-21)15(22)18-17(16(23)24)8-3-4-9-17/h5-7,10H,3-4,8-9H2,1-2H3,(H,18,22)(H,23,24). The first-order valence-electron chi connectivity index (χ1n) is 7.98. The zero-order valence-corrected chi connectivity index (χ0v) is 13.7. The molecule has 0 radical (unpaired) electrons. The lowest BCUT2D eigenvalue weighted by atomic mass is 9.97. The second-order valence-corrected chi connectivity index (χ2v) is 6.32. The van der Waals surface area contributed by atoms with Crippen LogP contribution in [0.5, 0.6) is 0 Å². The molecule has 1 aliphatic carbocycles. The van der Waals surface area contributed by atoms with Crippen LogP contribution in [0.1, 0.15) is 47.4 Å². The van der Waals surface area contributed by atoms with Crippen molar-refractivity contribution in [1.29, 1.82) is 0 Å². The lowest BCUT2D eigenvalue weighted by Crippen LogP contribution is -2.52. The zero-order chi connectivity index (χ0) is 17.3. The van der Waals surface area contributed by atoms with E-state index < -0.39 is 17.4 Å². The first kappa shape index (κ1) is 16.2. The SMILES string of the molecule is Cc1cccc(-n2nnc(C(=O)NC3(C(=O)O)CCCC3)c2C)c1. The number of hydrogen-bond acceptors (Lipinski definition) is 4. The molecule has 2 aromatic rings. The minimum atomic E-state index is -1.18. The van der Waals surface area contributed by atoms with E-state index in [4.69, 9.17) is 0 Å². The summed E-state index contributed by atoms with van der Waals surface area (Å²) < 4.78 is 1.59. The Hall–Kier alpha value is -2.70. The number of rotatable bonds is 4.